The fourth-order valence-electron chi connectivity index (χ4n) is 1.88. The van der Waals surface area contributed by atoms with Crippen LogP contribution in [0.25, 0.3) is 0 Å². The van der Waals surface area contributed by atoms with E-state index in [9.17, 15) is 18.0 Å². The number of nitrogens with one attached hydrogen (secondary N) is 1. The summed E-state index contributed by atoms with van der Waals surface area (Å²) < 4.78 is 45.9. The summed E-state index contributed by atoms with van der Waals surface area (Å²) >= 11 is 2.86. The van der Waals surface area contributed by atoms with Crippen molar-refractivity contribution >= 4 is 27.5 Å². The van der Waals surface area contributed by atoms with Gasteiger partial charge in [0.2, 0.25) is 5.91 Å². The third kappa shape index (κ3) is 4.35. The normalized spacial score (nSPS) is 11.8. The number of carbonyl (C=O) groups is 1. The zero-order valence-electron chi connectivity index (χ0n) is 12.9. The van der Waals surface area contributed by atoms with Crippen LogP contribution in [0.3, 0.4) is 0 Å². The van der Waals surface area contributed by atoms with Crippen LogP contribution in [0, 0.1) is 6.92 Å². The van der Waals surface area contributed by atoms with Crippen molar-refractivity contribution in [3.8, 4) is 0 Å². The number of halogens is 4. The first kappa shape index (κ1) is 18.5. The van der Waals surface area contributed by atoms with Gasteiger partial charge in [-0.25, -0.2) is 4.68 Å². The van der Waals surface area contributed by atoms with Crippen LogP contribution in [0.1, 0.15) is 18.3 Å². The molecule has 7 nitrogen and oxygen atoms in total. The number of amides is 1. The van der Waals surface area contributed by atoms with Crippen molar-refractivity contribution in [3.05, 3.63) is 28.3 Å². The molecule has 0 atom stereocenters. The van der Waals surface area contributed by atoms with E-state index in [1.807, 2.05) is 6.92 Å². The summed E-state index contributed by atoms with van der Waals surface area (Å²) in [7, 11) is 0. The molecular weight excluding hydrogens is 395 g/mol. The van der Waals surface area contributed by atoms with Gasteiger partial charge in [-0.2, -0.15) is 23.4 Å². The number of hydrogen-bond acceptors (Lipinski definition) is 4. The van der Waals surface area contributed by atoms with Crippen LogP contribution in [-0.4, -0.2) is 32.1 Å². The van der Waals surface area contributed by atoms with Gasteiger partial charge in [0, 0.05) is 6.61 Å². The summed E-state index contributed by atoms with van der Waals surface area (Å²) in [6, 6.07) is 0. The Labute approximate surface area is 143 Å². The monoisotopic (exact) mass is 409 g/mol. The van der Waals surface area contributed by atoms with Crippen molar-refractivity contribution in [2.75, 3.05) is 11.9 Å². The number of aromatic nitrogens is 4. The number of ether oxygens (including phenoxy) is 1. The van der Waals surface area contributed by atoms with Crippen molar-refractivity contribution in [1.82, 2.24) is 19.6 Å². The molecule has 0 aliphatic rings. The lowest BCUT2D eigenvalue weighted by Crippen LogP contribution is -2.20. The molecule has 0 aliphatic heterocycles. The van der Waals surface area contributed by atoms with E-state index in [4.69, 9.17) is 4.74 Å². The standard InChI is InChI=1S/C13H15BrF3N5O2/c1-3-24-7-21-5-9(4-18-21)19-10(23)6-22-8(2)11(14)12(20-22)13(15,16)17/h4-5H,3,6-7H2,1-2H3,(H,19,23). The molecule has 0 bridgehead atoms. The number of hydrogen-bond donors (Lipinski definition) is 1. The quantitative estimate of drug-likeness (QED) is 0.795. The van der Waals surface area contributed by atoms with Crippen molar-refractivity contribution in [2.45, 2.75) is 33.3 Å². The average molecular weight is 410 g/mol. The van der Waals surface area contributed by atoms with Gasteiger partial charge in [0.15, 0.2) is 5.69 Å². The Morgan fingerprint density at radius 3 is 2.75 bits per heavy atom. The van der Waals surface area contributed by atoms with Crippen LogP contribution >= 0.6 is 15.9 Å². The highest BCUT2D eigenvalue weighted by Crippen LogP contribution is 2.35. The molecule has 0 saturated carbocycles. The average Bonchev–Trinajstić information content (AvgIpc) is 3.04. The highest BCUT2D eigenvalue weighted by molar-refractivity contribution is 9.10. The van der Waals surface area contributed by atoms with Crippen LogP contribution in [0.15, 0.2) is 16.9 Å². The van der Waals surface area contributed by atoms with Crippen LogP contribution in [0.2, 0.25) is 0 Å². The Hall–Kier alpha value is -1.88. The number of carbonyl (C=O) groups excluding carboxylic acids is 1. The molecule has 1 N–H and O–H groups in total. The van der Waals surface area contributed by atoms with E-state index in [0.717, 1.165) is 4.68 Å². The number of alkyl halides is 3. The van der Waals surface area contributed by atoms with Gasteiger partial charge in [0.05, 0.1) is 28.2 Å². The fraction of sp³-hybridized carbons (Fsp3) is 0.462. The number of anilines is 1. The lowest BCUT2D eigenvalue weighted by molar-refractivity contribution is -0.142. The molecule has 0 fully saturated rings. The largest absolute Gasteiger partial charge is 0.436 e. The summed E-state index contributed by atoms with van der Waals surface area (Å²) in [5.74, 6) is -0.516. The lowest BCUT2D eigenvalue weighted by Gasteiger charge is -2.05. The molecule has 2 rings (SSSR count). The van der Waals surface area contributed by atoms with Crippen molar-refractivity contribution < 1.29 is 22.7 Å². The third-order valence-corrected chi connectivity index (χ3v) is 3.99. The predicted octanol–water partition coefficient (Wildman–Crippen LogP) is 2.80. The molecule has 11 heteroatoms. The van der Waals surface area contributed by atoms with E-state index < -0.39 is 17.8 Å². The zero-order chi connectivity index (χ0) is 17.9. The molecule has 0 unspecified atom stereocenters. The van der Waals surface area contributed by atoms with E-state index in [1.165, 1.54) is 17.8 Å². The van der Waals surface area contributed by atoms with Crippen LogP contribution in [-0.2, 0) is 29.0 Å². The Bertz CT molecular complexity index is 726. The summed E-state index contributed by atoms with van der Waals surface area (Å²) in [6.07, 6.45) is -1.61. The minimum absolute atomic E-state index is 0.174. The van der Waals surface area contributed by atoms with Gasteiger partial charge in [0.25, 0.3) is 0 Å². The minimum Gasteiger partial charge on any atom is -0.360 e. The van der Waals surface area contributed by atoms with E-state index >= 15 is 0 Å². The second-order valence-electron chi connectivity index (χ2n) is 4.84. The molecule has 0 aromatic carbocycles. The SMILES string of the molecule is CCOCn1cc(NC(=O)Cn2nc(C(F)(F)F)c(Br)c2C)cn1. The Morgan fingerprint density at radius 1 is 1.46 bits per heavy atom. The topological polar surface area (TPSA) is 74.0 Å². The molecule has 132 valence electrons. The van der Waals surface area contributed by atoms with Crippen LogP contribution in [0.4, 0.5) is 18.9 Å². The van der Waals surface area contributed by atoms with Gasteiger partial charge >= 0.3 is 6.18 Å². The predicted molar refractivity (Wildman–Crippen MR) is 82.1 cm³/mol. The molecule has 2 heterocycles. The maximum absolute atomic E-state index is 12.8. The van der Waals surface area contributed by atoms with Crippen LogP contribution in [0.5, 0.6) is 0 Å². The van der Waals surface area contributed by atoms with Gasteiger partial charge in [-0.05, 0) is 29.8 Å². The van der Waals surface area contributed by atoms with Gasteiger partial charge in [-0.1, -0.05) is 0 Å². The molecule has 0 spiro atoms. The van der Waals surface area contributed by atoms with Gasteiger partial charge < -0.3 is 10.1 Å². The molecule has 2 aromatic rings. The maximum atomic E-state index is 12.8. The Balaban J connectivity index is 2.04. The minimum atomic E-state index is -4.59. The first-order valence-corrected chi connectivity index (χ1v) is 7.71. The fourth-order valence-corrected chi connectivity index (χ4v) is 2.39. The third-order valence-electron chi connectivity index (χ3n) is 3.04. The summed E-state index contributed by atoms with van der Waals surface area (Å²) in [5, 5.41) is 9.98. The van der Waals surface area contributed by atoms with Gasteiger partial charge in [-0.15, -0.1) is 0 Å². The number of nitrogens with zero attached hydrogens (tertiary/aromatic N) is 4. The van der Waals surface area contributed by atoms with E-state index in [-0.39, 0.29) is 23.4 Å². The van der Waals surface area contributed by atoms with Crippen LogP contribution < -0.4 is 5.32 Å². The lowest BCUT2D eigenvalue weighted by atomic mass is 10.3. The Morgan fingerprint density at radius 2 is 2.17 bits per heavy atom. The van der Waals surface area contributed by atoms with Crippen molar-refractivity contribution in [3.63, 3.8) is 0 Å². The summed E-state index contributed by atoms with van der Waals surface area (Å²) in [6.45, 7) is 3.70. The van der Waals surface area contributed by atoms with Crippen molar-refractivity contribution in [2.24, 2.45) is 0 Å². The van der Waals surface area contributed by atoms with Gasteiger partial charge in [0.1, 0.15) is 13.3 Å². The molecule has 24 heavy (non-hydrogen) atoms. The zero-order valence-corrected chi connectivity index (χ0v) is 14.5. The second kappa shape index (κ2) is 7.34. The Kier molecular flexibility index (Phi) is 5.65. The molecule has 0 saturated heterocycles. The molecule has 2 aromatic heterocycles. The second-order valence-corrected chi connectivity index (χ2v) is 5.63. The smallest absolute Gasteiger partial charge is 0.360 e. The first-order valence-electron chi connectivity index (χ1n) is 6.92. The van der Waals surface area contributed by atoms with E-state index in [1.54, 1.807) is 6.20 Å². The summed E-state index contributed by atoms with van der Waals surface area (Å²) in [4.78, 5) is 12.0. The molecular formula is C13H15BrF3N5O2. The van der Waals surface area contributed by atoms with E-state index in [0.29, 0.717) is 12.3 Å². The molecule has 0 aliphatic carbocycles. The van der Waals surface area contributed by atoms with E-state index in [2.05, 4.69) is 31.4 Å². The summed E-state index contributed by atoms with van der Waals surface area (Å²) in [5.41, 5.74) is -0.429. The van der Waals surface area contributed by atoms with Gasteiger partial charge in [-0.3, -0.25) is 9.48 Å². The molecule has 0 radical (unpaired) electrons. The first-order chi connectivity index (χ1) is 11.2. The van der Waals surface area contributed by atoms with Crippen molar-refractivity contribution in [1.29, 1.82) is 0 Å². The number of rotatable bonds is 6. The maximum Gasteiger partial charge on any atom is 0.436 e. The highest BCUT2D eigenvalue weighted by Gasteiger charge is 2.38. The molecule has 1 amide bonds. The highest BCUT2D eigenvalue weighted by atomic mass is 79.9.